The molecule has 0 saturated carbocycles. The molecule has 12 heteroatoms. The molecule has 5 nitrogen and oxygen atoms in total. The van der Waals surface area contributed by atoms with Gasteiger partial charge in [0.1, 0.15) is 5.75 Å². The van der Waals surface area contributed by atoms with Gasteiger partial charge in [0.05, 0.1) is 12.0 Å². The summed E-state index contributed by atoms with van der Waals surface area (Å²) in [5, 5.41) is 1.90. The number of hydrogen-bond donors (Lipinski definition) is 0. The van der Waals surface area contributed by atoms with E-state index < -0.39 is 7.25 Å². The van der Waals surface area contributed by atoms with Gasteiger partial charge in [-0.2, -0.15) is 0 Å². The van der Waals surface area contributed by atoms with Crippen molar-refractivity contribution in [2.75, 3.05) is 7.11 Å². The summed E-state index contributed by atoms with van der Waals surface area (Å²) in [6.45, 7) is 13.5. The molecule has 0 aliphatic heterocycles. The minimum Gasteiger partial charge on any atom is 0 e. The standard InChI is InChI=1S/C12H10O2S.3CO.BF4.Mn/c1-14-10-6-4-9(5-7-10)12(13)11-3-2-8-15-11;3*1-2;2-1(3,4)5;/h2-8H,1H3;;;;;/q;;;;-1;. The first kappa shape index (κ1) is 32.6. The van der Waals surface area contributed by atoms with Crippen molar-refractivity contribution in [3.8, 4) is 5.75 Å². The molecule has 0 aliphatic carbocycles. The largest absolute Gasteiger partial charge is 0 e. The molecule has 1 aromatic carbocycles. The van der Waals surface area contributed by atoms with E-state index in [0.717, 1.165) is 10.6 Å². The molecule has 0 amide bonds. The second-order valence-corrected chi connectivity index (χ2v) is 4.48. The Kier molecular flexibility index (Phi) is 24.4. The molecule has 1 radical (unpaired) electrons. The minimum atomic E-state index is -6.00. The van der Waals surface area contributed by atoms with Crippen LogP contribution in [-0.2, 0) is 31.0 Å². The molecular formula is C15H10BF4MnO5S-. The van der Waals surface area contributed by atoms with Crippen LogP contribution >= 0.6 is 11.3 Å². The number of carbonyl (C=O) groups is 1. The monoisotopic (exact) mass is 444 g/mol. The zero-order chi connectivity index (χ0) is 21.2. The third kappa shape index (κ3) is 18.5. The van der Waals surface area contributed by atoms with Crippen LogP contribution in [-0.4, -0.2) is 20.1 Å². The number of carbonyl (C=O) groups excluding carboxylic acids is 1. The molecule has 2 rings (SSSR count). The van der Waals surface area contributed by atoms with Gasteiger partial charge >= 0.3 is 41.2 Å². The Hall–Kier alpha value is -2.09. The normalized spacial score (nSPS) is 7.96. The van der Waals surface area contributed by atoms with Crippen molar-refractivity contribution in [1.29, 1.82) is 0 Å². The van der Waals surface area contributed by atoms with Gasteiger partial charge in [-0.25, -0.2) is 0 Å². The summed E-state index contributed by atoms with van der Waals surface area (Å²) in [7, 11) is -4.39. The second-order valence-electron chi connectivity index (χ2n) is 3.53. The van der Waals surface area contributed by atoms with E-state index in [4.69, 9.17) is 18.7 Å². The first-order chi connectivity index (χ1) is 12.3. The van der Waals surface area contributed by atoms with Gasteiger partial charge in [0.15, 0.2) is 0 Å². The number of ketones is 1. The number of halogens is 4. The van der Waals surface area contributed by atoms with E-state index in [1.807, 2.05) is 17.5 Å². The fraction of sp³-hybridized carbons (Fsp3) is 0.0667. The van der Waals surface area contributed by atoms with Gasteiger partial charge in [-0.15, -0.1) is 11.3 Å². The van der Waals surface area contributed by atoms with E-state index in [2.05, 4.69) is 20.0 Å². The van der Waals surface area contributed by atoms with Crippen molar-refractivity contribution in [2.45, 2.75) is 0 Å². The molecule has 1 heterocycles. The zero-order valence-corrected chi connectivity index (χ0v) is 15.5. The SMILES string of the molecule is COc1ccc(C(=O)c2cccs2)cc1.F[B-](F)(F)F.[C-]#[O+].[C-]#[O+].[C-]#[O+].[Mn]. The molecule has 2 aromatic rings. The number of thiophene rings is 1. The molecule has 27 heavy (non-hydrogen) atoms. The third-order valence-corrected chi connectivity index (χ3v) is 2.97. The molecule has 1 aromatic heterocycles. The van der Waals surface area contributed by atoms with Crippen LogP contribution in [0, 0.1) is 20.0 Å². The van der Waals surface area contributed by atoms with Crippen molar-refractivity contribution in [2.24, 2.45) is 0 Å². The van der Waals surface area contributed by atoms with Crippen LogP contribution in [0.2, 0.25) is 0 Å². The predicted molar refractivity (Wildman–Crippen MR) is 82.7 cm³/mol. The summed E-state index contributed by atoms with van der Waals surface area (Å²) in [6, 6.07) is 10.8. The number of rotatable bonds is 3. The van der Waals surface area contributed by atoms with Gasteiger partial charge in [0, 0.05) is 22.6 Å². The Balaban J connectivity index is -0.000000188. The molecule has 0 fully saturated rings. The summed E-state index contributed by atoms with van der Waals surface area (Å²) in [6.07, 6.45) is 0. The molecule has 0 bridgehead atoms. The van der Waals surface area contributed by atoms with Crippen LogP contribution in [0.5, 0.6) is 5.75 Å². The minimum absolute atomic E-state index is 0. The van der Waals surface area contributed by atoms with Gasteiger partial charge < -0.3 is 22.0 Å². The zero-order valence-electron chi connectivity index (χ0n) is 13.5. The van der Waals surface area contributed by atoms with Gasteiger partial charge in [-0.3, -0.25) is 4.79 Å². The van der Waals surface area contributed by atoms with Crippen LogP contribution in [0.25, 0.3) is 0 Å². The Morgan fingerprint density at radius 3 is 1.67 bits per heavy atom. The first-order valence-electron chi connectivity index (χ1n) is 6.02. The van der Waals surface area contributed by atoms with E-state index in [1.54, 1.807) is 31.4 Å². The van der Waals surface area contributed by atoms with Crippen LogP contribution < -0.4 is 4.74 Å². The topological polar surface area (TPSA) is 86.0 Å². The smallest absolute Gasteiger partial charge is 0 e. The van der Waals surface area contributed by atoms with Gasteiger partial charge in [-0.05, 0) is 35.7 Å². The Labute approximate surface area is 167 Å². The maximum absolute atomic E-state index is 11.9. The number of ether oxygens (including phenoxy) is 1. The molecule has 0 unspecified atom stereocenters. The van der Waals surface area contributed by atoms with Gasteiger partial charge in [0.2, 0.25) is 5.78 Å². The van der Waals surface area contributed by atoms with Gasteiger partial charge in [-0.1, -0.05) is 6.07 Å². The molecular weight excluding hydrogens is 434 g/mol. The first-order valence-corrected chi connectivity index (χ1v) is 6.90. The van der Waals surface area contributed by atoms with Crippen molar-refractivity contribution < 1.29 is 57.8 Å². The van der Waals surface area contributed by atoms with Crippen molar-refractivity contribution >= 4 is 24.4 Å². The molecule has 0 N–H and O–H groups in total. The second kappa shape index (κ2) is 20.2. The number of methoxy groups -OCH3 is 1. The number of benzene rings is 1. The molecule has 0 aliphatic rings. The maximum atomic E-state index is 11.9. The molecule has 0 spiro atoms. The summed E-state index contributed by atoms with van der Waals surface area (Å²) in [5.74, 6) is 0.824. The van der Waals surface area contributed by atoms with E-state index in [0.29, 0.717) is 5.56 Å². The fourth-order valence-corrected chi connectivity index (χ4v) is 1.98. The molecule has 0 atom stereocenters. The predicted octanol–water partition coefficient (Wildman–Crippen LogP) is 4.17. The maximum Gasteiger partial charge on any atom is 0 e. The Bertz CT molecular complexity index is 650. The fourth-order valence-electron chi connectivity index (χ4n) is 1.29. The van der Waals surface area contributed by atoms with Crippen molar-refractivity contribution in [1.82, 2.24) is 0 Å². The van der Waals surface area contributed by atoms with E-state index in [9.17, 15) is 22.1 Å². The molecule has 0 saturated heterocycles. The Morgan fingerprint density at radius 1 is 0.963 bits per heavy atom. The van der Waals surface area contributed by atoms with Gasteiger partial charge in [0.25, 0.3) is 0 Å². The van der Waals surface area contributed by atoms with E-state index in [-0.39, 0.29) is 22.9 Å². The summed E-state index contributed by atoms with van der Waals surface area (Å²) in [5.41, 5.74) is 0.693. The average Bonchev–Trinajstić information content (AvgIpc) is 3.19. The number of hydrogen-bond acceptors (Lipinski definition) is 3. The van der Waals surface area contributed by atoms with Crippen LogP contribution in [0.3, 0.4) is 0 Å². The van der Waals surface area contributed by atoms with Crippen LogP contribution in [0.4, 0.5) is 17.3 Å². The summed E-state index contributed by atoms with van der Waals surface area (Å²) >= 11 is 1.46. The quantitative estimate of drug-likeness (QED) is 0.234. The van der Waals surface area contributed by atoms with Crippen LogP contribution in [0.1, 0.15) is 15.2 Å². The Morgan fingerprint density at radius 2 is 1.37 bits per heavy atom. The molecule has 145 valence electrons. The summed E-state index contributed by atoms with van der Waals surface area (Å²) < 4.78 is 66.5. The van der Waals surface area contributed by atoms with E-state index in [1.165, 1.54) is 11.3 Å². The van der Waals surface area contributed by atoms with Crippen molar-refractivity contribution in [3.63, 3.8) is 0 Å². The summed E-state index contributed by atoms with van der Waals surface area (Å²) in [4.78, 5) is 12.6. The van der Waals surface area contributed by atoms with Crippen molar-refractivity contribution in [3.05, 3.63) is 72.2 Å². The third-order valence-electron chi connectivity index (χ3n) is 2.10. The van der Waals surface area contributed by atoms with E-state index >= 15 is 0 Å². The van der Waals surface area contributed by atoms with Crippen LogP contribution in [0.15, 0.2) is 41.8 Å². The average molecular weight is 444 g/mol.